The lowest BCUT2D eigenvalue weighted by Crippen LogP contribution is -2.10. The van der Waals surface area contributed by atoms with Crippen molar-refractivity contribution in [3.63, 3.8) is 0 Å². The fourth-order valence-corrected chi connectivity index (χ4v) is 1.21. The summed E-state index contributed by atoms with van der Waals surface area (Å²) in [4.78, 5) is 12.0. The van der Waals surface area contributed by atoms with Gasteiger partial charge < -0.3 is 4.42 Å². The van der Waals surface area contributed by atoms with Gasteiger partial charge in [-0.2, -0.15) is 4.98 Å². The Kier molecular flexibility index (Phi) is 1.96. The van der Waals surface area contributed by atoms with Crippen LogP contribution in [0.4, 0.5) is 0 Å². The molecule has 0 bridgehead atoms. The first kappa shape index (κ1) is 9.40. The molecule has 0 atom stereocenters. The molecule has 0 unspecified atom stereocenters. The van der Waals surface area contributed by atoms with E-state index in [4.69, 9.17) is 16.0 Å². The van der Waals surface area contributed by atoms with Crippen LogP contribution in [-0.2, 0) is 5.41 Å². The summed E-state index contributed by atoms with van der Waals surface area (Å²) < 4.78 is 5.47. The third-order valence-corrected chi connectivity index (χ3v) is 2.07. The van der Waals surface area contributed by atoms with Crippen molar-refractivity contribution in [1.82, 2.24) is 15.0 Å². The van der Waals surface area contributed by atoms with Crippen LogP contribution in [0.25, 0.3) is 11.2 Å². The highest BCUT2D eigenvalue weighted by molar-refractivity contribution is 6.33. The number of aromatic nitrogens is 3. The highest BCUT2D eigenvalue weighted by Crippen LogP contribution is 2.26. The maximum absolute atomic E-state index is 5.85. The van der Waals surface area contributed by atoms with Crippen molar-refractivity contribution in [1.29, 1.82) is 0 Å². The fraction of sp³-hybridized carbons (Fsp3) is 0.444. The molecule has 5 heteroatoms. The van der Waals surface area contributed by atoms with Gasteiger partial charge in [0.1, 0.15) is 6.33 Å². The van der Waals surface area contributed by atoms with Gasteiger partial charge in [0, 0.05) is 5.41 Å². The smallest absolute Gasteiger partial charge is 0.251 e. The number of hydrogen-bond donors (Lipinski definition) is 0. The van der Waals surface area contributed by atoms with Crippen molar-refractivity contribution in [2.75, 3.05) is 0 Å². The second-order valence-electron chi connectivity index (χ2n) is 4.09. The number of fused-ring (bicyclic) bond motifs is 1. The van der Waals surface area contributed by atoms with E-state index in [1.54, 1.807) is 0 Å². The van der Waals surface area contributed by atoms with Crippen molar-refractivity contribution in [3.05, 3.63) is 17.4 Å². The van der Waals surface area contributed by atoms with Crippen molar-refractivity contribution in [2.24, 2.45) is 0 Å². The molecule has 0 aliphatic carbocycles. The summed E-state index contributed by atoms with van der Waals surface area (Å²) in [6.45, 7) is 6.04. The third kappa shape index (κ3) is 1.46. The Morgan fingerprint density at radius 2 is 2.00 bits per heavy atom. The largest absolute Gasteiger partial charge is 0.422 e. The topological polar surface area (TPSA) is 51.8 Å². The third-order valence-electron chi connectivity index (χ3n) is 1.79. The molecule has 0 N–H and O–H groups in total. The van der Waals surface area contributed by atoms with Crippen molar-refractivity contribution < 1.29 is 4.42 Å². The molecule has 0 aromatic carbocycles. The molecule has 0 aliphatic rings. The Morgan fingerprint density at radius 1 is 1.29 bits per heavy atom. The van der Waals surface area contributed by atoms with Gasteiger partial charge in [0.2, 0.25) is 5.89 Å². The van der Waals surface area contributed by atoms with Crippen molar-refractivity contribution in [3.8, 4) is 0 Å². The lowest BCUT2D eigenvalue weighted by Gasteiger charge is -2.11. The van der Waals surface area contributed by atoms with Crippen LogP contribution in [0.1, 0.15) is 26.7 Å². The van der Waals surface area contributed by atoms with Crippen LogP contribution < -0.4 is 0 Å². The van der Waals surface area contributed by atoms with E-state index in [9.17, 15) is 0 Å². The van der Waals surface area contributed by atoms with E-state index in [0.717, 1.165) is 0 Å². The van der Waals surface area contributed by atoms with Gasteiger partial charge in [0.05, 0.1) is 0 Å². The lowest BCUT2D eigenvalue weighted by molar-refractivity contribution is 0.407. The summed E-state index contributed by atoms with van der Waals surface area (Å²) in [7, 11) is 0. The van der Waals surface area contributed by atoms with E-state index in [-0.39, 0.29) is 5.41 Å². The van der Waals surface area contributed by atoms with E-state index in [2.05, 4.69) is 15.0 Å². The van der Waals surface area contributed by atoms with Gasteiger partial charge in [-0.05, 0) is 0 Å². The zero-order chi connectivity index (χ0) is 10.3. The van der Waals surface area contributed by atoms with Crippen LogP contribution in [0.3, 0.4) is 0 Å². The zero-order valence-electron chi connectivity index (χ0n) is 8.21. The number of hydrogen-bond acceptors (Lipinski definition) is 4. The standard InChI is InChI=1S/C9H10ClN3O/c1-9(2,3)8-13-5-6(10)11-4-12-7(5)14-8/h4H,1-3H3. The Morgan fingerprint density at radius 3 is 2.57 bits per heavy atom. The SMILES string of the molecule is CC(C)(C)c1nc2c(Cl)ncnc2o1. The molecular formula is C9H10ClN3O. The fourth-order valence-electron chi connectivity index (χ4n) is 1.05. The van der Waals surface area contributed by atoms with Crippen LogP contribution in [0.5, 0.6) is 0 Å². The molecule has 2 aromatic rings. The Hall–Kier alpha value is -1.16. The predicted molar refractivity (Wildman–Crippen MR) is 53.3 cm³/mol. The summed E-state index contributed by atoms with van der Waals surface area (Å²) in [5.41, 5.74) is 0.818. The lowest BCUT2D eigenvalue weighted by atomic mass is 9.97. The molecule has 0 radical (unpaired) electrons. The first-order valence-corrected chi connectivity index (χ1v) is 4.64. The second-order valence-corrected chi connectivity index (χ2v) is 4.45. The van der Waals surface area contributed by atoms with E-state index in [1.807, 2.05) is 20.8 Å². The number of rotatable bonds is 0. The Labute approximate surface area is 86.3 Å². The van der Waals surface area contributed by atoms with Gasteiger partial charge in [-0.3, -0.25) is 0 Å². The molecule has 0 saturated heterocycles. The molecule has 4 nitrogen and oxygen atoms in total. The maximum atomic E-state index is 5.85. The first-order valence-electron chi connectivity index (χ1n) is 4.26. The minimum Gasteiger partial charge on any atom is -0.422 e. The number of oxazole rings is 1. The van der Waals surface area contributed by atoms with E-state index in [1.165, 1.54) is 6.33 Å². The number of halogens is 1. The normalized spacial score (nSPS) is 12.3. The molecule has 2 heterocycles. The number of nitrogens with zero attached hydrogens (tertiary/aromatic N) is 3. The van der Waals surface area contributed by atoms with Crippen molar-refractivity contribution in [2.45, 2.75) is 26.2 Å². The van der Waals surface area contributed by atoms with Gasteiger partial charge in [-0.1, -0.05) is 32.4 Å². The van der Waals surface area contributed by atoms with Gasteiger partial charge >= 0.3 is 0 Å². The molecule has 0 saturated carbocycles. The molecule has 0 spiro atoms. The molecule has 2 rings (SSSR count). The molecule has 0 amide bonds. The molecule has 14 heavy (non-hydrogen) atoms. The Balaban J connectivity index is 2.69. The van der Waals surface area contributed by atoms with Crippen LogP contribution in [0.15, 0.2) is 10.7 Å². The van der Waals surface area contributed by atoms with E-state index in [0.29, 0.717) is 22.3 Å². The van der Waals surface area contributed by atoms with Crippen LogP contribution in [-0.4, -0.2) is 15.0 Å². The average Bonchev–Trinajstić information content (AvgIpc) is 2.48. The summed E-state index contributed by atoms with van der Waals surface area (Å²) in [6, 6.07) is 0. The highest BCUT2D eigenvalue weighted by atomic mass is 35.5. The van der Waals surface area contributed by atoms with E-state index < -0.39 is 0 Å². The second kappa shape index (κ2) is 2.92. The summed E-state index contributed by atoms with van der Waals surface area (Å²) in [5, 5.41) is 0.328. The highest BCUT2D eigenvalue weighted by Gasteiger charge is 2.22. The first-order chi connectivity index (χ1) is 6.48. The van der Waals surface area contributed by atoms with Crippen LogP contribution in [0, 0.1) is 0 Å². The molecule has 0 aliphatic heterocycles. The monoisotopic (exact) mass is 211 g/mol. The van der Waals surface area contributed by atoms with Gasteiger partial charge in [-0.25, -0.2) is 9.97 Å². The summed E-state index contributed by atoms with van der Waals surface area (Å²) >= 11 is 5.85. The maximum Gasteiger partial charge on any atom is 0.251 e. The van der Waals surface area contributed by atoms with Crippen molar-refractivity contribution >= 4 is 22.8 Å². The minimum atomic E-state index is -0.149. The quantitative estimate of drug-likeness (QED) is 0.629. The summed E-state index contributed by atoms with van der Waals surface area (Å²) in [6.07, 6.45) is 1.36. The van der Waals surface area contributed by atoms with Crippen LogP contribution in [0.2, 0.25) is 5.15 Å². The molecular weight excluding hydrogens is 202 g/mol. The minimum absolute atomic E-state index is 0.149. The predicted octanol–water partition coefficient (Wildman–Crippen LogP) is 2.57. The van der Waals surface area contributed by atoms with Gasteiger partial charge in [0.25, 0.3) is 5.71 Å². The van der Waals surface area contributed by atoms with E-state index >= 15 is 0 Å². The Bertz CT molecular complexity index is 472. The molecule has 2 aromatic heterocycles. The summed E-state index contributed by atoms with van der Waals surface area (Å²) in [5.74, 6) is 0.620. The van der Waals surface area contributed by atoms with Crippen LogP contribution >= 0.6 is 11.6 Å². The zero-order valence-corrected chi connectivity index (χ0v) is 8.96. The average molecular weight is 212 g/mol. The molecule has 0 fully saturated rings. The van der Waals surface area contributed by atoms with Gasteiger partial charge in [0.15, 0.2) is 10.7 Å². The molecule has 74 valence electrons. The van der Waals surface area contributed by atoms with Gasteiger partial charge in [-0.15, -0.1) is 0 Å².